The quantitative estimate of drug-likeness (QED) is 0.730. The number of carbonyl (C=O) groups excluding carboxylic acids is 1. The van der Waals surface area contributed by atoms with E-state index in [4.69, 9.17) is 28.9 Å². The van der Waals surface area contributed by atoms with E-state index in [0.29, 0.717) is 12.2 Å². The van der Waals surface area contributed by atoms with Gasteiger partial charge in [0.1, 0.15) is 0 Å². The molecule has 0 aliphatic carbocycles. The van der Waals surface area contributed by atoms with Crippen LogP contribution in [0.3, 0.4) is 0 Å². The fourth-order valence-electron chi connectivity index (χ4n) is 1.46. The summed E-state index contributed by atoms with van der Waals surface area (Å²) in [5.41, 5.74) is 5.86. The van der Waals surface area contributed by atoms with Gasteiger partial charge in [-0.1, -0.05) is 30.1 Å². The molecule has 0 aromatic heterocycles. The summed E-state index contributed by atoms with van der Waals surface area (Å²) in [5.74, 6) is -0.450. The Balaban J connectivity index is 2.70. The molecule has 0 bridgehead atoms. The van der Waals surface area contributed by atoms with Gasteiger partial charge in [0, 0.05) is 11.6 Å². The fraction of sp³-hybridized carbons (Fsp3) is 0.417. The molecule has 0 saturated carbocycles. The Bertz CT molecular complexity index is 415. The van der Waals surface area contributed by atoms with Crippen molar-refractivity contribution in [3.63, 3.8) is 0 Å². The monoisotopic (exact) mass is 290 g/mol. The molecule has 0 radical (unpaired) electrons. The van der Waals surface area contributed by atoms with Crippen molar-refractivity contribution in [2.24, 2.45) is 11.7 Å². The minimum atomic E-state index is -0.187. The molecule has 1 atom stereocenters. The van der Waals surface area contributed by atoms with Crippen molar-refractivity contribution >= 4 is 34.8 Å². The summed E-state index contributed by atoms with van der Waals surface area (Å²) in [6.45, 7) is 2.39. The molecule has 100 valence electrons. The first-order valence-corrected chi connectivity index (χ1v) is 6.40. The first-order chi connectivity index (χ1) is 8.45. The van der Waals surface area contributed by atoms with Crippen molar-refractivity contribution in [3.05, 3.63) is 22.2 Å². The van der Waals surface area contributed by atoms with Crippen molar-refractivity contribution < 1.29 is 9.90 Å². The Labute approximate surface area is 116 Å². The highest BCUT2D eigenvalue weighted by Gasteiger charge is 2.14. The summed E-state index contributed by atoms with van der Waals surface area (Å²) in [5, 5.41) is 12.3. The Morgan fingerprint density at radius 3 is 2.50 bits per heavy atom. The van der Waals surface area contributed by atoms with E-state index in [1.165, 1.54) is 12.1 Å². The molecule has 0 aliphatic rings. The Morgan fingerprint density at radius 1 is 1.44 bits per heavy atom. The molecule has 18 heavy (non-hydrogen) atoms. The number of nitrogens with one attached hydrogen (secondary N) is 1. The third-order valence-corrected chi connectivity index (χ3v) is 3.15. The molecule has 4 N–H and O–H groups in total. The number of carbonyl (C=O) groups is 1. The van der Waals surface area contributed by atoms with Crippen LogP contribution in [0, 0.1) is 5.92 Å². The van der Waals surface area contributed by atoms with Crippen LogP contribution in [0.1, 0.15) is 19.8 Å². The molecule has 1 aromatic carbocycles. The number of hydrogen-bond acceptors (Lipinski definition) is 3. The number of halogens is 2. The van der Waals surface area contributed by atoms with Crippen LogP contribution in [0.2, 0.25) is 10.0 Å². The molecule has 0 saturated heterocycles. The highest BCUT2D eigenvalue weighted by molar-refractivity contribution is 6.37. The molecular formula is C12H16Cl2N2O2. The lowest BCUT2D eigenvalue weighted by atomic mass is 10.0. The number of benzene rings is 1. The maximum Gasteiger partial charge on any atom is 0.227 e. The summed E-state index contributed by atoms with van der Waals surface area (Å²) in [4.78, 5) is 11.8. The second-order valence-electron chi connectivity index (χ2n) is 4.11. The van der Waals surface area contributed by atoms with Crippen LogP contribution in [0.15, 0.2) is 12.1 Å². The number of hydrogen-bond donors (Lipinski definition) is 3. The zero-order valence-electron chi connectivity index (χ0n) is 10.0. The van der Waals surface area contributed by atoms with Gasteiger partial charge in [-0.25, -0.2) is 0 Å². The van der Waals surface area contributed by atoms with Gasteiger partial charge in [-0.2, -0.15) is 0 Å². The van der Waals surface area contributed by atoms with E-state index in [0.717, 1.165) is 12.8 Å². The zero-order valence-corrected chi connectivity index (χ0v) is 11.6. The van der Waals surface area contributed by atoms with E-state index < -0.39 is 0 Å². The molecule has 4 nitrogen and oxygen atoms in total. The highest BCUT2D eigenvalue weighted by atomic mass is 35.5. The molecule has 1 rings (SSSR count). The van der Waals surface area contributed by atoms with Gasteiger partial charge in [-0.05, 0) is 31.5 Å². The molecule has 1 amide bonds. The summed E-state index contributed by atoms with van der Waals surface area (Å²) >= 11 is 11.5. The van der Waals surface area contributed by atoms with Crippen LogP contribution in [-0.4, -0.2) is 17.6 Å². The second kappa shape index (κ2) is 6.83. The van der Waals surface area contributed by atoms with Gasteiger partial charge in [0.25, 0.3) is 0 Å². The largest absolute Gasteiger partial charge is 0.505 e. The van der Waals surface area contributed by atoms with Crippen LogP contribution in [0.4, 0.5) is 5.69 Å². The van der Waals surface area contributed by atoms with E-state index in [9.17, 15) is 9.90 Å². The SMILES string of the molecule is CC(CCCN)C(=O)Nc1cc(Cl)c(O)c(Cl)c1. The van der Waals surface area contributed by atoms with E-state index >= 15 is 0 Å². The second-order valence-corrected chi connectivity index (χ2v) is 4.92. The van der Waals surface area contributed by atoms with Crippen molar-refractivity contribution in [1.82, 2.24) is 0 Å². The van der Waals surface area contributed by atoms with Gasteiger partial charge in [0.15, 0.2) is 5.75 Å². The van der Waals surface area contributed by atoms with Gasteiger partial charge in [0.05, 0.1) is 10.0 Å². The standard InChI is InChI=1S/C12H16Cl2N2O2/c1-7(3-2-4-15)12(18)16-8-5-9(13)11(17)10(14)6-8/h5-7,17H,2-4,15H2,1H3,(H,16,18). The number of anilines is 1. The number of aromatic hydroxyl groups is 1. The minimum absolute atomic E-state index is 0.104. The summed E-state index contributed by atoms with van der Waals surface area (Å²) in [6.07, 6.45) is 1.52. The van der Waals surface area contributed by atoms with Crippen LogP contribution in [0.5, 0.6) is 5.75 Å². The molecule has 0 fully saturated rings. The highest BCUT2D eigenvalue weighted by Crippen LogP contribution is 2.34. The van der Waals surface area contributed by atoms with Gasteiger partial charge in [-0.15, -0.1) is 0 Å². The van der Waals surface area contributed by atoms with Gasteiger partial charge < -0.3 is 16.2 Å². The van der Waals surface area contributed by atoms with Crippen LogP contribution >= 0.6 is 23.2 Å². The number of phenolic OH excluding ortho intramolecular Hbond substituents is 1. The van der Waals surface area contributed by atoms with E-state index in [1.807, 2.05) is 6.92 Å². The predicted molar refractivity (Wildman–Crippen MR) is 74.2 cm³/mol. The smallest absolute Gasteiger partial charge is 0.227 e. The van der Waals surface area contributed by atoms with E-state index in [2.05, 4.69) is 5.32 Å². The first-order valence-electron chi connectivity index (χ1n) is 5.64. The average Bonchev–Trinajstić information content (AvgIpc) is 2.32. The van der Waals surface area contributed by atoms with E-state index in [1.54, 1.807) is 0 Å². The van der Waals surface area contributed by atoms with Gasteiger partial charge in [-0.3, -0.25) is 4.79 Å². The van der Waals surface area contributed by atoms with E-state index in [-0.39, 0.29) is 27.6 Å². The summed E-state index contributed by atoms with van der Waals surface area (Å²) in [7, 11) is 0. The lowest BCUT2D eigenvalue weighted by Gasteiger charge is -2.12. The van der Waals surface area contributed by atoms with Gasteiger partial charge in [0.2, 0.25) is 5.91 Å². The molecular weight excluding hydrogens is 275 g/mol. The van der Waals surface area contributed by atoms with Crippen molar-refractivity contribution in [2.45, 2.75) is 19.8 Å². The van der Waals surface area contributed by atoms with Crippen molar-refractivity contribution in [3.8, 4) is 5.75 Å². The molecule has 0 heterocycles. The summed E-state index contributed by atoms with van der Waals surface area (Å²) < 4.78 is 0. The molecule has 0 spiro atoms. The normalized spacial score (nSPS) is 12.2. The molecule has 6 heteroatoms. The Kier molecular flexibility index (Phi) is 5.72. The summed E-state index contributed by atoms with van der Waals surface area (Å²) in [6, 6.07) is 2.91. The van der Waals surface area contributed by atoms with Crippen LogP contribution < -0.4 is 11.1 Å². The lowest BCUT2D eigenvalue weighted by molar-refractivity contribution is -0.119. The lowest BCUT2D eigenvalue weighted by Crippen LogP contribution is -2.21. The zero-order chi connectivity index (χ0) is 13.7. The van der Waals surface area contributed by atoms with Crippen LogP contribution in [-0.2, 0) is 4.79 Å². The third kappa shape index (κ3) is 4.05. The topological polar surface area (TPSA) is 75.4 Å². The third-order valence-electron chi connectivity index (χ3n) is 2.57. The maximum atomic E-state index is 11.8. The first kappa shape index (κ1) is 15.1. The number of rotatable bonds is 5. The van der Waals surface area contributed by atoms with Crippen molar-refractivity contribution in [2.75, 3.05) is 11.9 Å². The molecule has 1 aromatic rings. The predicted octanol–water partition coefficient (Wildman–Crippen LogP) is 3.01. The maximum absolute atomic E-state index is 11.8. The number of phenols is 1. The van der Waals surface area contributed by atoms with Crippen molar-refractivity contribution in [1.29, 1.82) is 0 Å². The fourth-order valence-corrected chi connectivity index (χ4v) is 1.95. The molecule has 1 unspecified atom stereocenters. The Hall–Kier alpha value is -0.970. The van der Waals surface area contributed by atoms with Crippen LogP contribution in [0.25, 0.3) is 0 Å². The molecule has 0 aliphatic heterocycles. The number of nitrogens with two attached hydrogens (primary N) is 1. The van der Waals surface area contributed by atoms with Gasteiger partial charge >= 0.3 is 0 Å². The Morgan fingerprint density at radius 2 is 2.00 bits per heavy atom. The minimum Gasteiger partial charge on any atom is -0.505 e. The number of amides is 1. The average molecular weight is 291 g/mol.